The van der Waals surface area contributed by atoms with Crippen LogP contribution in [0.5, 0.6) is 0 Å². The van der Waals surface area contributed by atoms with Crippen LogP contribution in [0.15, 0.2) is 66.7 Å². The third-order valence-electron chi connectivity index (χ3n) is 5.74. The lowest BCUT2D eigenvalue weighted by atomic mass is 9.98. The van der Waals surface area contributed by atoms with E-state index in [9.17, 15) is 29.3 Å². The molecule has 0 N–H and O–H groups in total. The van der Waals surface area contributed by atoms with E-state index >= 15 is 0 Å². The Morgan fingerprint density at radius 2 is 0.949 bits per heavy atom. The summed E-state index contributed by atoms with van der Waals surface area (Å²) in [6, 6.07) is 19.2. The first kappa shape index (κ1) is 28.4. The molecule has 0 aliphatic carbocycles. The van der Waals surface area contributed by atoms with Gasteiger partial charge >= 0.3 is 0 Å². The molecule has 3 aromatic rings. The molecule has 0 aliphatic heterocycles. The molecule has 0 spiro atoms. The fraction of sp³-hybridized carbons (Fsp3) is 0.133. The highest BCUT2D eigenvalue weighted by atomic mass is 16.6. The van der Waals surface area contributed by atoms with E-state index in [1.807, 2.05) is 12.1 Å². The minimum Gasteiger partial charge on any atom is -0.274 e. The minimum absolute atomic E-state index is 0.0437. The smallest absolute Gasteiger partial charge is 0.274 e. The van der Waals surface area contributed by atoms with Crippen molar-refractivity contribution in [2.75, 3.05) is 9.80 Å². The Balaban J connectivity index is 2.51. The summed E-state index contributed by atoms with van der Waals surface area (Å²) in [5, 5.41) is 12.7. The molecule has 4 amide bonds. The van der Waals surface area contributed by atoms with Crippen molar-refractivity contribution in [1.82, 2.24) is 0 Å². The number of nitrogens with zero attached hydrogens (tertiary/aromatic N) is 3. The van der Waals surface area contributed by atoms with Crippen LogP contribution in [0.2, 0.25) is 0 Å². The SMILES string of the molecule is CC(=O)N(C(C)=O)c1cc(N(C(C)=O)C(C)=O)c(C=Cc2ccccc2)c([N+](=O)[O-])c1C=Cc1ccccc1. The van der Waals surface area contributed by atoms with Crippen molar-refractivity contribution in [3.05, 3.63) is 99.1 Å². The lowest BCUT2D eigenvalue weighted by molar-refractivity contribution is -0.385. The zero-order valence-corrected chi connectivity index (χ0v) is 22.0. The highest BCUT2D eigenvalue weighted by Crippen LogP contribution is 2.42. The van der Waals surface area contributed by atoms with Gasteiger partial charge in [-0.05, 0) is 29.3 Å². The Morgan fingerprint density at radius 1 is 0.615 bits per heavy atom. The second-order valence-corrected chi connectivity index (χ2v) is 8.58. The lowest BCUT2D eigenvalue weighted by Gasteiger charge is -2.25. The summed E-state index contributed by atoms with van der Waals surface area (Å²) in [6.45, 7) is 4.59. The molecule has 9 heteroatoms. The summed E-state index contributed by atoms with van der Waals surface area (Å²) in [5.41, 5.74) is 0.600. The van der Waals surface area contributed by atoms with E-state index < -0.39 is 34.2 Å². The molecule has 0 saturated heterocycles. The van der Waals surface area contributed by atoms with Crippen LogP contribution in [0.1, 0.15) is 49.9 Å². The van der Waals surface area contributed by atoms with Gasteiger partial charge in [-0.15, -0.1) is 0 Å². The first-order chi connectivity index (χ1) is 18.5. The Morgan fingerprint density at radius 3 is 1.23 bits per heavy atom. The van der Waals surface area contributed by atoms with Gasteiger partial charge in [0.2, 0.25) is 23.6 Å². The molecule has 198 valence electrons. The van der Waals surface area contributed by atoms with Gasteiger partial charge in [-0.2, -0.15) is 0 Å². The molecule has 0 aliphatic rings. The predicted molar refractivity (Wildman–Crippen MR) is 152 cm³/mol. The van der Waals surface area contributed by atoms with E-state index in [0.717, 1.165) is 48.6 Å². The lowest BCUT2D eigenvalue weighted by Crippen LogP contribution is -2.36. The number of carbonyl (C=O) groups excluding carboxylic acids is 4. The molecule has 0 radical (unpaired) electrons. The number of benzene rings is 3. The number of carbonyl (C=O) groups is 4. The summed E-state index contributed by atoms with van der Waals surface area (Å²) in [7, 11) is 0. The van der Waals surface area contributed by atoms with E-state index in [0.29, 0.717) is 0 Å². The molecule has 39 heavy (non-hydrogen) atoms. The van der Waals surface area contributed by atoms with Crippen LogP contribution in [-0.4, -0.2) is 28.6 Å². The van der Waals surface area contributed by atoms with Crippen molar-refractivity contribution in [2.24, 2.45) is 0 Å². The maximum atomic E-state index is 12.7. The van der Waals surface area contributed by atoms with Gasteiger partial charge in [0.1, 0.15) is 0 Å². The van der Waals surface area contributed by atoms with Crippen LogP contribution in [0.3, 0.4) is 0 Å². The largest absolute Gasteiger partial charge is 0.287 e. The zero-order valence-electron chi connectivity index (χ0n) is 22.0. The third-order valence-corrected chi connectivity index (χ3v) is 5.74. The van der Waals surface area contributed by atoms with Gasteiger partial charge in [0, 0.05) is 27.7 Å². The number of imide groups is 2. The fourth-order valence-corrected chi connectivity index (χ4v) is 4.18. The molecule has 0 fully saturated rings. The Kier molecular flexibility index (Phi) is 9.01. The molecule has 3 aromatic carbocycles. The first-order valence-corrected chi connectivity index (χ1v) is 12.0. The predicted octanol–water partition coefficient (Wildman–Crippen LogP) is 5.73. The standard InChI is InChI=1S/C30H27N3O6/c1-20(34)31(21(2)35)28-19-29(32(22(3)36)23(4)37)27(18-16-25-13-9-6-10-14-25)30(33(38)39)26(28)17-15-24-11-7-5-8-12-24/h5-19H,1-4H3. The first-order valence-electron chi connectivity index (χ1n) is 12.0. The maximum absolute atomic E-state index is 12.7. The molecule has 0 atom stereocenters. The number of hydrogen-bond donors (Lipinski definition) is 0. The number of anilines is 2. The van der Waals surface area contributed by atoms with Gasteiger partial charge in [-0.1, -0.05) is 72.8 Å². The molecule has 0 aromatic heterocycles. The van der Waals surface area contributed by atoms with Crippen LogP contribution in [0, 0.1) is 10.1 Å². The van der Waals surface area contributed by atoms with Crippen molar-refractivity contribution in [3.63, 3.8) is 0 Å². The highest BCUT2D eigenvalue weighted by Gasteiger charge is 2.33. The normalized spacial score (nSPS) is 11.0. The molecule has 9 nitrogen and oxygen atoms in total. The average molecular weight is 526 g/mol. The zero-order chi connectivity index (χ0) is 28.7. The average Bonchev–Trinajstić information content (AvgIpc) is 2.87. The monoisotopic (exact) mass is 525 g/mol. The van der Waals surface area contributed by atoms with Gasteiger partial charge in [0.25, 0.3) is 5.69 Å². The summed E-state index contributed by atoms with van der Waals surface area (Å²) < 4.78 is 0. The number of amides is 4. The second-order valence-electron chi connectivity index (χ2n) is 8.58. The van der Waals surface area contributed by atoms with Crippen LogP contribution in [-0.2, 0) is 19.2 Å². The Labute approximate surface area is 225 Å². The van der Waals surface area contributed by atoms with Gasteiger partial charge in [-0.3, -0.25) is 39.1 Å². The van der Waals surface area contributed by atoms with Gasteiger partial charge in [-0.25, -0.2) is 0 Å². The van der Waals surface area contributed by atoms with E-state index in [2.05, 4.69) is 0 Å². The molecule has 0 unspecified atom stereocenters. The molecular formula is C30H27N3O6. The van der Waals surface area contributed by atoms with Crippen LogP contribution >= 0.6 is 0 Å². The van der Waals surface area contributed by atoms with Crippen molar-refractivity contribution in [3.8, 4) is 0 Å². The number of nitro benzene ring substituents is 1. The van der Waals surface area contributed by atoms with E-state index in [1.165, 1.54) is 18.2 Å². The molecular weight excluding hydrogens is 498 g/mol. The van der Waals surface area contributed by atoms with Gasteiger partial charge in [0.05, 0.1) is 27.4 Å². The maximum Gasteiger partial charge on any atom is 0.287 e. The van der Waals surface area contributed by atoms with E-state index in [4.69, 9.17) is 0 Å². The fourth-order valence-electron chi connectivity index (χ4n) is 4.18. The summed E-state index contributed by atoms with van der Waals surface area (Å²) >= 11 is 0. The summed E-state index contributed by atoms with van der Waals surface area (Å²) in [6.07, 6.45) is 6.11. The summed E-state index contributed by atoms with van der Waals surface area (Å²) in [4.78, 5) is 63.9. The number of nitro groups is 1. The molecule has 0 saturated carbocycles. The molecule has 3 rings (SSSR count). The highest BCUT2D eigenvalue weighted by molar-refractivity contribution is 6.19. The summed E-state index contributed by atoms with van der Waals surface area (Å²) in [5.74, 6) is -2.77. The Hall–Kier alpha value is -5.18. The second kappa shape index (κ2) is 12.4. The van der Waals surface area contributed by atoms with Gasteiger partial charge in [0.15, 0.2) is 0 Å². The van der Waals surface area contributed by atoms with Crippen LogP contribution in [0.25, 0.3) is 24.3 Å². The molecule has 0 bridgehead atoms. The third kappa shape index (κ3) is 6.58. The Bertz CT molecular complexity index is 1360. The minimum atomic E-state index is -0.693. The van der Waals surface area contributed by atoms with E-state index in [1.54, 1.807) is 60.7 Å². The molecule has 0 heterocycles. The van der Waals surface area contributed by atoms with Crippen molar-refractivity contribution < 1.29 is 24.1 Å². The number of hydrogen-bond acceptors (Lipinski definition) is 6. The van der Waals surface area contributed by atoms with Gasteiger partial charge < -0.3 is 0 Å². The van der Waals surface area contributed by atoms with E-state index in [-0.39, 0.29) is 22.5 Å². The topological polar surface area (TPSA) is 118 Å². The quantitative estimate of drug-likeness (QED) is 0.221. The van der Waals surface area contributed by atoms with Crippen LogP contribution in [0.4, 0.5) is 17.1 Å². The van der Waals surface area contributed by atoms with Crippen molar-refractivity contribution >= 4 is 65.0 Å². The van der Waals surface area contributed by atoms with Crippen molar-refractivity contribution in [2.45, 2.75) is 27.7 Å². The van der Waals surface area contributed by atoms with Crippen molar-refractivity contribution in [1.29, 1.82) is 0 Å². The van der Waals surface area contributed by atoms with Crippen LogP contribution < -0.4 is 9.80 Å². The number of rotatable bonds is 7.